The Balaban J connectivity index is 3.31. The lowest BCUT2D eigenvalue weighted by molar-refractivity contribution is -0.151. The first-order valence-corrected chi connectivity index (χ1v) is 6.92. The summed E-state index contributed by atoms with van der Waals surface area (Å²) in [4.78, 5) is 23.6. The molecular weight excluding hydrogens is 278 g/mol. The number of nitriles is 1. The van der Waals surface area contributed by atoms with E-state index in [0.29, 0.717) is 0 Å². The first kappa shape index (κ1) is 14.5. The number of amides is 1. The summed E-state index contributed by atoms with van der Waals surface area (Å²) in [6, 6.07) is 1.72. The van der Waals surface area contributed by atoms with Crippen molar-refractivity contribution in [3.05, 3.63) is 0 Å². The lowest BCUT2D eigenvalue weighted by Gasteiger charge is -2.38. The minimum Gasteiger partial charge on any atom is -0.467 e. The number of nitrogens with zero attached hydrogens (tertiary/aromatic N) is 1. The number of carbonyl (C=O) groups is 2. The molecule has 2 N–H and O–H groups in total. The highest BCUT2D eigenvalue weighted by atomic mass is 32.2. The van der Waals surface area contributed by atoms with Crippen molar-refractivity contribution in [2.45, 2.75) is 5.54 Å². The Morgan fingerprint density at radius 3 is 2.78 bits per heavy atom. The van der Waals surface area contributed by atoms with Crippen molar-refractivity contribution in [2.75, 3.05) is 19.1 Å². The van der Waals surface area contributed by atoms with Crippen LogP contribution in [0, 0.1) is 17.2 Å². The topological polar surface area (TPSA) is 108 Å². The van der Waals surface area contributed by atoms with Crippen LogP contribution in [0.15, 0.2) is 0 Å². The van der Waals surface area contributed by atoms with Crippen molar-refractivity contribution in [2.24, 2.45) is 5.92 Å². The van der Waals surface area contributed by atoms with Gasteiger partial charge in [-0.05, 0) is 12.2 Å². The smallest absolute Gasteiger partial charge is 0.334 e. The maximum Gasteiger partial charge on any atom is 0.334 e. The number of hydrogen-bond donors (Lipinski definition) is 2. The van der Waals surface area contributed by atoms with Gasteiger partial charge < -0.3 is 15.4 Å². The van der Waals surface area contributed by atoms with E-state index in [2.05, 4.69) is 15.4 Å². The average molecular weight is 289 g/mol. The van der Waals surface area contributed by atoms with Crippen LogP contribution in [0.1, 0.15) is 0 Å². The third kappa shape index (κ3) is 2.49. The van der Waals surface area contributed by atoms with Crippen molar-refractivity contribution in [3.8, 4) is 6.07 Å². The first-order valence-electron chi connectivity index (χ1n) is 4.78. The second-order valence-corrected chi connectivity index (χ2v) is 5.53. The van der Waals surface area contributed by atoms with Crippen LogP contribution in [0.3, 0.4) is 0 Å². The molecule has 1 fully saturated rings. The highest BCUT2D eigenvalue weighted by molar-refractivity contribution is 7.84. The van der Waals surface area contributed by atoms with Crippen molar-refractivity contribution < 1.29 is 18.5 Å². The summed E-state index contributed by atoms with van der Waals surface area (Å²) < 4.78 is 16.0. The van der Waals surface area contributed by atoms with E-state index in [-0.39, 0.29) is 10.9 Å². The molecule has 1 rings (SSSR count). The van der Waals surface area contributed by atoms with Gasteiger partial charge in [-0.2, -0.15) is 5.26 Å². The van der Waals surface area contributed by atoms with Crippen LogP contribution in [0.5, 0.6) is 0 Å². The summed E-state index contributed by atoms with van der Waals surface area (Å²) in [5, 5.41) is 13.7. The van der Waals surface area contributed by atoms with Gasteiger partial charge in [-0.1, -0.05) is 0 Å². The molecule has 1 aliphatic heterocycles. The minimum atomic E-state index is -1.71. The van der Waals surface area contributed by atoms with Gasteiger partial charge in [0.05, 0.1) is 18.9 Å². The molecule has 0 aromatic rings. The molecule has 98 valence electrons. The van der Waals surface area contributed by atoms with Crippen molar-refractivity contribution in [1.29, 1.82) is 5.26 Å². The first-order chi connectivity index (χ1) is 8.37. The van der Waals surface area contributed by atoms with Crippen LogP contribution in [0.2, 0.25) is 0 Å². The summed E-state index contributed by atoms with van der Waals surface area (Å²) in [6.45, 7) is 0. The predicted molar refractivity (Wildman–Crippen MR) is 66.7 cm³/mol. The van der Waals surface area contributed by atoms with Crippen molar-refractivity contribution in [3.63, 3.8) is 0 Å². The maximum absolute atomic E-state index is 11.9. The van der Waals surface area contributed by atoms with E-state index < -0.39 is 34.1 Å². The molecule has 9 heteroatoms. The van der Waals surface area contributed by atoms with Gasteiger partial charge in [0, 0.05) is 17.1 Å². The zero-order valence-electron chi connectivity index (χ0n) is 9.68. The minimum absolute atomic E-state index is 0.0950. The van der Waals surface area contributed by atoms with E-state index in [4.69, 9.17) is 17.5 Å². The molecule has 7 nitrogen and oxygen atoms in total. The Bertz CT molecular complexity index is 469. The normalized spacial score (nSPS) is 28.6. The molecule has 0 aromatic heterocycles. The Labute approximate surface area is 111 Å². The highest BCUT2D eigenvalue weighted by Gasteiger charge is 2.55. The van der Waals surface area contributed by atoms with E-state index in [9.17, 15) is 13.8 Å². The number of carbonyl (C=O) groups excluding carboxylic acids is 2. The maximum atomic E-state index is 11.9. The van der Waals surface area contributed by atoms with Crippen LogP contribution in [-0.4, -0.2) is 45.9 Å². The fraction of sp³-hybridized carbons (Fsp3) is 0.556. The quantitative estimate of drug-likeness (QED) is 0.477. The summed E-state index contributed by atoms with van der Waals surface area (Å²) in [7, 11) is -0.311. The SMILES string of the molecule is COC(=O)C1(CS(C)=O)NC(=S)NC(=O)C1C#N. The lowest BCUT2D eigenvalue weighted by atomic mass is 9.84. The van der Waals surface area contributed by atoms with Crippen LogP contribution in [-0.2, 0) is 25.1 Å². The molecule has 1 heterocycles. The van der Waals surface area contributed by atoms with Crippen molar-refractivity contribution >= 4 is 40.0 Å². The Hall–Kier alpha value is -1.53. The van der Waals surface area contributed by atoms with Crippen LogP contribution in [0.4, 0.5) is 0 Å². The average Bonchev–Trinajstić information content (AvgIpc) is 2.26. The van der Waals surface area contributed by atoms with Gasteiger partial charge in [-0.15, -0.1) is 0 Å². The molecule has 1 aliphatic rings. The number of methoxy groups -OCH3 is 1. The number of thiocarbonyl (C=S) groups is 1. The van der Waals surface area contributed by atoms with Gasteiger partial charge in [0.25, 0.3) is 0 Å². The van der Waals surface area contributed by atoms with E-state index in [0.717, 1.165) is 7.11 Å². The third-order valence-electron chi connectivity index (χ3n) is 2.44. The summed E-state index contributed by atoms with van der Waals surface area (Å²) in [5.41, 5.74) is -1.71. The van der Waals surface area contributed by atoms with Gasteiger partial charge in [-0.25, -0.2) is 4.79 Å². The molecular formula is C9H11N3O4S2. The monoisotopic (exact) mass is 289 g/mol. The molecule has 0 spiro atoms. The van der Waals surface area contributed by atoms with Gasteiger partial charge in [0.15, 0.2) is 16.6 Å². The number of esters is 1. The zero-order valence-corrected chi connectivity index (χ0v) is 11.3. The molecule has 3 unspecified atom stereocenters. The van der Waals surface area contributed by atoms with Crippen molar-refractivity contribution in [1.82, 2.24) is 10.6 Å². The fourth-order valence-electron chi connectivity index (χ4n) is 1.73. The van der Waals surface area contributed by atoms with Crippen LogP contribution < -0.4 is 10.6 Å². The standard InChI is InChI=1S/C9H11N3O4S2/c1-16-7(14)9(4-18(2)15)5(3-10)6(13)11-8(17)12-9/h5H,4H2,1-2H3,(H2,11,12,13,17). The summed E-state index contributed by atoms with van der Waals surface area (Å²) in [6.07, 6.45) is 1.36. The molecule has 0 aromatic carbocycles. The lowest BCUT2D eigenvalue weighted by Crippen LogP contribution is -2.71. The van der Waals surface area contributed by atoms with E-state index in [1.807, 2.05) is 0 Å². The number of ether oxygens (including phenoxy) is 1. The molecule has 3 atom stereocenters. The van der Waals surface area contributed by atoms with Gasteiger partial charge in [-0.3, -0.25) is 9.00 Å². The van der Waals surface area contributed by atoms with Gasteiger partial charge in [0.2, 0.25) is 5.91 Å². The second-order valence-electron chi connectivity index (χ2n) is 3.69. The second kappa shape index (κ2) is 5.41. The number of rotatable bonds is 3. The molecule has 1 amide bonds. The Kier molecular flexibility index (Phi) is 4.37. The fourth-order valence-corrected chi connectivity index (χ4v) is 3.01. The van der Waals surface area contributed by atoms with Crippen LogP contribution in [0.25, 0.3) is 0 Å². The molecule has 0 saturated carbocycles. The molecule has 0 bridgehead atoms. The largest absolute Gasteiger partial charge is 0.467 e. The van der Waals surface area contributed by atoms with E-state index in [1.165, 1.54) is 6.26 Å². The number of hydrogen-bond acceptors (Lipinski definition) is 6. The van der Waals surface area contributed by atoms with Gasteiger partial charge >= 0.3 is 5.97 Å². The molecule has 0 radical (unpaired) electrons. The molecule has 0 aliphatic carbocycles. The molecule has 1 saturated heterocycles. The van der Waals surface area contributed by atoms with Crippen LogP contribution >= 0.6 is 12.2 Å². The summed E-state index contributed by atoms with van der Waals surface area (Å²) >= 11 is 4.79. The Morgan fingerprint density at radius 1 is 1.72 bits per heavy atom. The predicted octanol–water partition coefficient (Wildman–Crippen LogP) is -1.58. The Morgan fingerprint density at radius 2 is 2.33 bits per heavy atom. The molecule has 18 heavy (non-hydrogen) atoms. The number of nitrogens with one attached hydrogen (secondary N) is 2. The van der Waals surface area contributed by atoms with Gasteiger partial charge in [0.1, 0.15) is 0 Å². The van der Waals surface area contributed by atoms with E-state index in [1.54, 1.807) is 6.07 Å². The summed E-state index contributed by atoms with van der Waals surface area (Å²) in [5.74, 6) is -3.16. The highest BCUT2D eigenvalue weighted by Crippen LogP contribution is 2.24. The van der Waals surface area contributed by atoms with E-state index >= 15 is 0 Å². The third-order valence-corrected chi connectivity index (χ3v) is 3.50. The zero-order chi connectivity index (χ0) is 13.9.